The molecule has 2 fully saturated rings. The molecule has 1 heterocycles. The third-order valence-electron chi connectivity index (χ3n) is 6.46. The Morgan fingerprint density at radius 3 is 2.43 bits per heavy atom. The number of carbonyl (C=O) groups is 1. The van der Waals surface area contributed by atoms with Crippen LogP contribution in [0.5, 0.6) is 0 Å². The van der Waals surface area contributed by atoms with Crippen LogP contribution in [0.15, 0.2) is 18.2 Å². The number of hydrogen-bond donors (Lipinski definition) is 1. The number of amides is 1. The standard InChI is InChI=1S/C22H30F3NO2/c1-4-16(11-27)20(28)26-12-21(13-26)9-15(10-21)8-17-6-5-7-18(22(23,24)25)19(17)14(2)3/h5-7,14-16,27H,4,8-13H2,1-3H3/t16-/m1/s1. The largest absolute Gasteiger partial charge is 0.416 e. The van der Waals surface area contributed by atoms with Crippen LogP contribution in [0.4, 0.5) is 13.2 Å². The minimum absolute atomic E-state index is 0.0269. The molecule has 0 bridgehead atoms. The molecule has 1 atom stereocenters. The number of halogens is 3. The van der Waals surface area contributed by atoms with Crippen molar-refractivity contribution in [2.45, 2.75) is 58.5 Å². The van der Waals surface area contributed by atoms with E-state index in [1.807, 2.05) is 31.7 Å². The van der Waals surface area contributed by atoms with E-state index in [0.29, 0.717) is 24.3 Å². The SMILES string of the molecule is CC[C@H](CO)C(=O)N1CC2(CC(Cc3cccc(C(F)(F)F)c3C(C)C)C2)C1. The Bertz CT molecular complexity index is 711. The molecule has 1 saturated carbocycles. The Morgan fingerprint density at radius 2 is 1.93 bits per heavy atom. The number of aliphatic hydroxyl groups is 1. The maximum atomic E-state index is 13.4. The van der Waals surface area contributed by atoms with Gasteiger partial charge in [-0.05, 0) is 54.7 Å². The number of alkyl halides is 3. The van der Waals surface area contributed by atoms with Gasteiger partial charge in [-0.1, -0.05) is 32.9 Å². The molecule has 0 radical (unpaired) electrons. The van der Waals surface area contributed by atoms with E-state index in [2.05, 4.69) is 0 Å². The molecule has 1 aliphatic heterocycles. The lowest BCUT2D eigenvalue weighted by molar-refractivity contribution is -0.160. The smallest absolute Gasteiger partial charge is 0.396 e. The number of aliphatic hydroxyl groups excluding tert-OH is 1. The maximum Gasteiger partial charge on any atom is 0.416 e. The van der Waals surface area contributed by atoms with Crippen LogP contribution in [0.3, 0.4) is 0 Å². The molecule has 28 heavy (non-hydrogen) atoms. The number of nitrogens with zero attached hydrogens (tertiary/aromatic N) is 1. The van der Waals surface area contributed by atoms with E-state index in [4.69, 9.17) is 0 Å². The van der Waals surface area contributed by atoms with Gasteiger partial charge in [0.2, 0.25) is 5.91 Å². The molecule has 1 aromatic carbocycles. The van der Waals surface area contributed by atoms with Crippen LogP contribution < -0.4 is 0 Å². The number of rotatable bonds is 6. The van der Waals surface area contributed by atoms with E-state index in [-0.39, 0.29) is 29.8 Å². The molecule has 3 nitrogen and oxygen atoms in total. The van der Waals surface area contributed by atoms with Gasteiger partial charge in [0, 0.05) is 18.5 Å². The number of carbonyl (C=O) groups excluding carboxylic acids is 1. The summed E-state index contributed by atoms with van der Waals surface area (Å²) in [4.78, 5) is 14.1. The van der Waals surface area contributed by atoms with Crippen LogP contribution in [0.25, 0.3) is 0 Å². The lowest BCUT2D eigenvalue weighted by atomic mass is 9.56. The third kappa shape index (κ3) is 3.93. The van der Waals surface area contributed by atoms with Crippen molar-refractivity contribution in [3.05, 3.63) is 34.9 Å². The van der Waals surface area contributed by atoms with Gasteiger partial charge in [0.05, 0.1) is 18.1 Å². The lowest BCUT2D eigenvalue weighted by Gasteiger charge is -2.59. The molecule has 1 saturated heterocycles. The summed E-state index contributed by atoms with van der Waals surface area (Å²) in [5.74, 6) is -0.0906. The number of likely N-dealkylation sites (tertiary alicyclic amines) is 1. The Labute approximate surface area is 164 Å². The highest BCUT2D eigenvalue weighted by Crippen LogP contribution is 2.53. The van der Waals surface area contributed by atoms with Crippen molar-refractivity contribution < 1.29 is 23.1 Å². The second-order valence-corrected chi connectivity index (χ2v) is 8.99. The van der Waals surface area contributed by atoms with Gasteiger partial charge in [-0.2, -0.15) is 13.2 Å². The molecule has 0 aromatic heterocycles. The summed E-state index contributed by atoms with van der Waals surface area (Å²) >= 11 is 0. The van der Waals surface area contributed by atoms with Gasteiger partial charge in [0.15, 0.2) is 0 Å². The molecule has 2 aliphatic rings. The Hall–Kier alpha value is -1.56. The third-order valence-corrected chi connectivity index (χ3v) is 6.46. The summed E-state index contributed by atoms with van der Waals surface area (Å²) in [6.07, 6.45) is -1.11. The van der Waals surface area contributed by atoms with Crippen LogP contribution in [0, 0.1) is 17.3 Å². The molecule has 1 aromatic rings. The highest BCUT2D eigenvalue weighted by atomic mass is 19.4. The van der Waals surface area contributed by atoms with Crippen molar-refractivity contribution in [2.24, 2.45) is 17.3 Å². The van der Waals surface area contributed by atoms with E-state index in [1.165, 1.54) is 12.1 Å². The fourth-order valence-electron chi connectivity index (χ4n) is 5.16. The topological polar surface area (TPSA) is 40.5 Å². The maximum absolute atomic E-state index is 13.4. The average Bonchev–Trinajstić information content (AvgIpc) is 2.55. The van der Waals surface area contributed by atoms with Crippen LogP contribution in [0.2, 0.25) is 0 Å². The van der Waals surface area contributed by atoms with E-state index < -0.39 is 11.7 Å². The van der Waals surface area contributed by atoms with Crippen molar-refractivity contribution >= 4 is 5.91 Å². The molecule has 1 amide bonds. The Balaban J connectivity index is 1.61. The molecule has 6 heteroatoms. The quantitative estimate of drug-likeness (QED) is 0.760. The predicted molar refractivity (Wildman–Crippen MR) is 102 cm³/mol. The van der Waals surface area contributed by atoms with Crippen molar-refractivity contribution in [3.63, 3.8) is 0 Å². The molecule has 1 N–H and O–H groups in total. The minimum atomic E-state index is -4.33. The van der Waals surface area contributed by atoms with Crippen molar-refractivity contribution in [1.82, 2.24) is 4.90 Å². The zero-order valence-corrected chi connectivity index (χ0v) is 16.9. The zero-order valence-electron chi connectivity index (χ0n) is 16.9. The first-order valence-corrected chi connectivity index (χ1v) is 10.2. The minimum Gasteiger partial charge on any atom is -0.396 e. The van der Waals surface area contributed by atoms with Crippen LogP contribution in [0.1, 0.15) is 62.6 Å². The van der Waals surface area contributed by atoms with E-state index >= 15 is 0 Å². The van der Waals surface area contributed by atoms with Crippen LogP contribution in [-0.4, -0.2) is 35.6 Å². The van der Waals surface area contributed by atoms with E-state index in [0.717, 1.165) is 31.5 Å². The monoisotopic (exact) mass is 397 g/mol. The summed E-state index contributed by atoms with van der Waals surface area (Å²) in [5.41, 5.74) is 0.871. The number of benzene rings is 1. The zero-order chi connectivity index (χ0) is 20.7. The fourth-order valence-corrected chi connectivity index (χ4v) is 5.16. The van der Waals surface area contributed by atoms with Gasteiger partial charge in [0.1, 0.15) is 0 Å². The lowest BCUT2D eigenvalue weighted by Crippen LogP contribution is -2.65. The van der Waals surface area contributed by atoms with E-state index in [1.54, 1.807) is 0 Å². The molecular weight excluding hydrogens is 367 g/mol. The first kappa shape index (κ1) is 21.2. The Kier molecular flexibility index (Phi) is 5.81. The van der Waals surface area contributed by atoms with Crippen LogP contribution >= 0.6 is 0 Å². The molecular formula is C22H30F3NO2. The summed E-state index contributed by atoms with van der Waals surface area (Å²) in [5, 5.41) is 9.30. The van der Waals surface area contributed by atoms with Gasteiger partial charge in [-0.15, -0.1) is 0 Å². The Morgan fingerprint density at radius 1 is 1.29 bits per heavy atom. The van der Waals surface area contributed by atoms with Crippen molar-refractivity contribution in [3.8, 4) is 0 Å². The summed E-state index contributed by atoms with van der Waals surface area (Å²) in [6.45, 7) is 6.86. The van der Waals surface area contributed by atoms with Crippen LogP contribution in [-0.2, 0) is 17.4 Å². The van der Waals surface area contributed by atoms with E-state index in [9.17, 15) is 23.1 Å². The molecule has 3 rings (SSSR count). The van der Waals surface area contributed by atoms with Gasteiger partial charge < -0.3 is 10.0 Å². The predicted octanol–water partition coefficient (Wildman–Crippen LogP) is 4.63. The fraction of sp³-hybridized carbons (Fsp3) is 0.682. The highest BCUT2D eigenvalue weighted by molar-refractivity contribution is 5.80. The van der Waals surface area contributed by atoms with Gasteiger partial charge in [-0.3, -0.25) is 4.79 Å². The summed E-state index contributed by atoms with van der Waals surface area (Å²) in [7, 11) is 0. The second-order valence-electron chi connectivity index (χ2n) is 8.99. The summed E-state index contributed by atoms with van der Waals surface area (Å²) < 4.78 is 40.2. The van der Waals surface area contributed by atoms with Gasteiger partial charge in [-0.25, -0.2) is 0 Å². The first-order chi connectivity index (χ1) is 13.1. The highest BCUT2D eigenvalue weighted by Gasteiger charge is 2.53. The first-order valence-electron chi connectivity index (χ1n) is 10.2. The molecule has 1 spiro atoms. The summed E-state index contributed by atoms with van der Waals surface area (Å²) in [6, 6.07) is 4.53. The molecule has 156 valence electrons. The second kappa shape index (κ2) is 7.69. The van der Waals surface area contributed by atoms with Gasteiger partial charge in [0.25, 0.3) is 0 Å². The number of hydrogen-bond acceptors (Lipinski definition) is 2. The average molecular weight is 397 g/mol. The molecule has 1 aliphatic carbocycles. The normalized spacial score (nSPS) is 20.2. The van der Waals surface area contributed by atoms with Crippen molar-refractivity contribution in [1.29, 1.82) is 0 Å². The molecule has 0 unspecified atom stereocenters. The van der Waals surface area contributed by atoms with Crippen molar-refractivity contribution in [2.75, 3.05) is 19.7 Å². The van der Waals surface area contributed by atoms with Gasteiger partial charge >= 0.3 is 6.18 Å².